The summed E-state index contributed by atoms with van der Waals surface area (Å²) < 4.78 is 20.1. The maximum absolute atomic E-state index is 14.6. The third kappa shape index (κ3) is 4.26. The van der Waals surface area contributed by atoms with Crippen LogP contribution in [0.1, 0.15) is 34.5 Å². The van der Waals surface area contributed by atoms with Gasteiger partial charge in [-0.15, -0.1) is 23.7 Å². The highest BCUT2D eigenvalue weighted by Crippen LogP contribution is 2.31. The van der Waals surface area contributed by atoms with Crippen LogP contribution >= 0.6 is 11.3 Å². The molecular weight excluding hydrogens is 363 g/mol. The maximum Gasteiger partial charge on any atom is 0.266 e. The van der Waals surface area contributed by atoms with E-state index in [1.54, 1.807) is 18.3 Å². The highest BCUT2D eigenvalue weighted by Gasteiger charge is 2.18. The van der Waals surface area contributed by atoms with Gasteiger partial charge in [0, 0.05) is 18.0 Å². The van der Waals surface area contributed by atoms with Crippen LogP contribution in [0.4, 0.5) is 10.1 Å². The molecular formula is C21H19FN2O2S. The number of nitrogens with one attached hydrogen (secondary N) is 1. The van der Waals surface area contributed by atoms with E-state index in [1.807, 2.05) is 19.1 Å². The molecule has 4 nitrogen and oxygen atoms in total. The Hall–Kier alpha value is -2.91. The van der Waals surface area contributed by atoms with Crippen molar-refractivity contribution in [2.45, 2.75) is 26.2 Å². The lowest BCUT2D eigenvalue weighted by Crippen LogP contribution is -2.13. The van der Waals surface area contributed by atoms with Crippen LogP contribution in [0.3, 0.4) is 0 Å². The summed E-state index contributed by atoms with van der Waals surface area (Å²) in [6.45, 7) is 2.23. The van der Waals surface area contributed by atoms with Crippen LogP contribution in [0.5, 0.6) is 5.75 Å². The highest BCUT2D eigenvalue weighted by atomic mass is 32.1. The first kappa shape index (κ1) is 18.9. The first-order chi connectivity index (χ1) is 13.1. The third-order valence-electron chi connectivity index (χ3n) is 4.11. The molecule has 2 aromatic heterocycles. The van der Waals surface area contributed by atoms with Crippen LogP contribution in [0.2, 0.25) is 0 Å². The molecule has 1 aromatic carbocycles. The fourth-order valence-corrected chi connectivity index (χ4v) is 3.72. The summed E-state index contributed by atoms with van der Waals surface area (Å²) in [6.07, 6.45) is 9.13. The number of aromatic nitrogens is 1. The van der Waals surface area contributed by atoms with Crippen molar-refractivity contribution in [3.8, 4) is 18.1 Å². The number of rotatable bonds is 7. The van der Waals surface area contributed by atoms with E-state index in [1.165, 1.54) is 17.4 Å². The van der Waals surface area contributed by atoms with Crippen LogP contribution in [0.25, 0.3) is 10.2 Å². The van der Waals surface area contributed by atoms with Gasteiger partial charge in [0.1, 0.15) is 4.83 Å². The smallest absolute Gasteiger partial charge is 0.266 e. The topological polar surface area (TPSA) is 51.2 Å². The molecule has 0 fully saturated rings. The Bertz CT molecular complexity index is 1010. The molecule has 0 aliphatic rings. The van der Waals surface area contributed by atoms with Crippen molar-refractivity contribution in [3.63, 3.8) is 0 Å². The number of terminal acetylenes is 1. The summed E-state index contributed by atoms with van der Waals surface area (Å²) in [4.78, 5) is 18.2. The van der Waals surface area contributed by atoms with Crippen LogP contribution in [0.15, 0.2) is 36.5 Å². The van der Waals surface area contributed by atoms with Crippen molar-refractivity contribution in [3.05, 3.63) is 52.8 Å². The fourth-order valence-electron chi connectivity index (χ4n) is 2.68. The fraction of sp³-hybridized carbons (Fsp3) is 0.238. The number of carbonyl (C=O) groups excluding carboxylic acids is 1. The minimum absolute atomic E-state index is 0.0888. The molecule has 0 aliphatic heterocycles. The summed E-state index contributed by atoms with van der Waals surface area (Å²) in [6, 6.07) is 8.45. The lowest BCUT2D eigenvalue weighted by molar-refractivity contribution is 0.102. The zero-order valence-electron chi connectivity index (χ0n) is 14.9. The number of amides is 1. The van der Waals surface area contributed by atoms with E-state index in [0.717, 1.165) is 28.6 Å². The van der Waals surface area contributed by atoms with Crippen molar-refractivity contribution in [1.82, 2.24) is 4.98 Å². The van der Waals surface area contributed by atoms with Crippen LogP contribution < -0.4 is 10.1 Å². The van der Waals surface area contributed by atoms with Gasteiger partial charge in [0.2, 0.25) is 0 Å². The van der Waals surface area contributed by atoms with Crippen LogP contribution in [-0.4, -0.2) is 17.5 Å². The van der Waals surface area contributed by atoms with Crippen molar-refractivity contribution in [2.24, 2.45) is 0 Å². The summed E-state index contributed by atoms with van der Waals surface area (Å²) in [7, 11) is 0. The highest BCUT2D eigenvalue weighted by molar-refractivity contribution is 7.20. The van der Waals surface area contributed by atoms with E-state index in [2.05, 4.69) is 16.2 Å². The van der Waals surface area contributed by atoms with Gasteiger partial charge in [-0.3, -0.25) is 4.79 Å². The zero-order chi connectivity index (χ0) is 19.2. The molecule has 0 saturated heterocycles. The number of thiophene rings is 1. The first-order valence-electron chi connectivity index (χ1n) is 8.62. The maximum atomic E-state index is 14.6. The molecule has 0 atom stereocenters. The zero-order valence-corrected chi connectivity index (χ0v) is 15.7. The summed E-state index contributed by atoms with van der Waals surface area (Å²) >= 11 is 1.29. The normalized spacial score (nSPS) is 10.6. The molecule has 0 bridgehead atoms. The predicted molar refractivity (Wildman–Crippen MR) is 107 cm³/mol. The van der Waals surface area contributed by atoms with Gasteiger partial charge >= 0.3 is 0 Å². The van der Waals surface area contributed by atoms with Gasteiger partial charge in [-0.05, 0) is 43.5 Å². The quantitative estimate of drug-likeness (QED) is 0.453. The number of benzene rings is 1. The number of carbonyl (C=O) groups is 1. The van der Waals surface area contributed by atoms with Crippen molar-refractivity contribution in [2.75, 3.05) is 11.9 Å². The molecule has 0 aliphatic carbocycles. The van der Waals surface area contributed by atoms with Gasteiger partial charge in [-0.25, -0.2) is 9.37 Å². The van der Waals surface area contributed by atoms with Crippen LogP contribution in [0, 0.1) is 25.1 Å². The molecule has 6 heteroatoms. The number of fused-ring (bicyclic) bond motifs is 1. The predicted octanol–water partition coefficient (Wildman–Crippen LogP) is 5.18. The Balaban J connectivity index is 1.73. The lowest BCUT2D eigenvalue weighted by Gasteiger charge is -2.11. The number of unbranched alkanes of at least 4 members (excludes halogenated alkanes) is 2. The summed E-state index contributed by atoms with van der Waals surface area (Å²) in [5.41, 5.74) is 0.924. The summed E-state index contributed by atoms with van der Waals surface area (Å²) in [5, 5.41) is 3.57. The molecule has 3 aromatic rings. The molecule has 0 unspecified atom stereocenters. The molecule has 0 radical (unpaired) electrons. The second-order valence-corrected chi connectivity index (χ2v) is 6.99. The molecule has 1 N–H and O–H groups in total. The molecule has 27 heavy (non-hydrogen) atoms. The second-order valence-electron chi connectivity index (χ2n) is 5.99. The number of aryl methyl sites for hydroxylation is 1. The minimum atomic E-state index is -0.584. The standard InChI is InChI=1S/C21H19FN2O2S/c1-3-4-5-6-13-26-17-11-7-10-16(18(17)22)24-20(25)19-14(2)15-9-8-12-23-21(15)27-19/h1,7-12H,4-6,13H2,2H3,(H,24,25). The van der Waals surface area contributed by atoms with Crippen molar-refractivity contribution < 1.29 is 13.9 Å². The Morgan fingerprint density at radius 3 is 2.96 bits per heavy atom. The van der Waals surface area contributed by atoms with Gasteiger partial charge in [-0.1, -0.05) is 12.1 Å². The summed E-state index contributed by atoms with van der Waals surface area (Å²) in [5.74, 6) is 1.73. The van der Waals surface area contributed by atoms with Crippen molar-refractivity contribution in [1.29, 1.82) is 0 Å². The molecule has 138 valence electrons. The third-order valence-corrected chi connectivity index (χ3v) is 5.32. The monoisotopic (exact) mass is 382 g/mol. The average Bonchev–Trinajstić information content (AvgIpc) is 3.01. The van der Waals surface area contributed by atoms with Crippen LogP contribution in [-0.2, 0) is 0 Å². The first-order valence-corrected chi connectivity index (χ1v) is 9.43. The number of ether oxygens (including phenoxy) is 1. The minimum Gasteiger partial charge on any atom is -0.490 e. The Kier molecular flexibility index (Phi) is 6.05. The van der Waals surface area contributed by atoms with Gasteiger partial charge < -0.3 is 10.1 Å². The van der Waals surface area contributed by atoms with E-state index in [-0.39, 0.29) is 17.3 Å². The number of anilines is 1. The molecule has 2 heterocycles. The molecule has 0 saturated carbocycles. The number of hydrogen-bond acceptors (Lipinski definition) is 4. The van der Waals surface area contributed by atoms with E-state index in [0.29, 0.717) is 17.9 Å². The average molecular weight is 382 g/mol. The molecule has 1 amide bonds. The SMILES string of the molecule is C#CCCCCOc1cccc(NC(=O)c2sc3ncccc3c2C)c1F. The molecule has 3 rings (SSSR count). The van der Waals surface area contributed by atoms with E-state index < -0.39 is 5.82 Å². The number of hydrogen-bond donors (Lipinski definition) is 1. The second kappa shape index (κ2) is 8.65. The van der Waals surface area contributed by atoms with Gasteiger partial charge in [0.15, 0.2) is 11.6 Å². The van der Waals surface area contributed by atoms with Crippen molar-refractivity contribution >= 4 is 33.1 Å². The Morgan fingerprint density at radius 1 is 1.33 bits per heavy atom. The molecule has 0 spiro atoms. The van der Waals surface area contributed by atoms with Gasteiger partial charge in [0.25, 0.3) is 5.91 Å². The van der Waals surface area contributed by atoms with Gasteiger partial charge in [0.05, 0.1) is 17.2 Å². The Morgan fingerprint density at radius 2 is 2.19 bits per heavy atom. The van der Waals surface area contributed by atoms with E-state index in [9.17, 15) is 9.18 Å². The lowest BCUT2D eigenvalue weighted by atomic mass is 10.2. The largest absolute Gasteiger partial charge is 0.490 e. The van der Waals surface area contributed by atoms with E-state index in [4.69, 9.17) is 11.2 Å². The Labute approximate surface area is 161 Å². The number of nitrogens with zero attached hydrogens (tertiary/aromatic N) is 1. The van der Waals surface area contributed by atoms with Gasteiger partial charge in [-0.2, -0.15) is 0 Å². The number of pyridine rings is 1. The number of halogens is 1. The van der Waals surface area contributed by atoms with E-state index >= 15 is 0 Å².